The van der Waals surface area contributed by atoms with Crippen LogP contribution in [0.25, 0.3) is 0 Å². The van der Waals surface area contributed by atoms with E-state index in [1.54, 1.807) is 6.92 Å². The zero-order valence-electron chi connectivity index (χ0n) is 13.5. The van der Waals surface area contributed by atoms with Gasteiger partial charge in [-0.15, -0.1) is 0 Å². The largest absolute Gasteiger partial charge is 0.481 e. The van der Waals surface area contributed by atoms with E-state index < -0.39 is 5.97 Å². The van der Waals surface area contributed by atoms with E-state index in [0.29, 0.717) is 13.1 Å². The maximum atomic E-state index is 12.1. The van der Waals surface area contributed by atoms with Gasteiger partial charge in [-0.2, -0.15) is 0 Å². The summed E-state index contributed by atoms with van der Waals surface area (Å²) in [6, 6.07) is 0. The third-order valence-electron chi connectivity index (χ3n) is 4.11. The molecule has 0 saturated carbocycles. The molecule has 1 heterocycles. The smallest absolute Gasteiger partial charge is 0.307 e. The van der Waals surface area contributed by atoms with Crippen molar-refractivity contribution < 1.29 is 14.7 Å². The van der Waals surface area contributed by atoms with Crippen molar-refractivity contribution in [1.82, 2.24) is 14.7 Å². The van der Waals surface area contributed by atoms with Gasteiger partial charge in [0.15, 0.2) is 0 Å². The molecule has 1 N–H and O–H groups in total. The van der Waals surface area contributed by atoms with Gasteiger partial charge >= 0.3 is 5.97 Å². The number of hydrogen-bond donors (Lipinski definition) is 1. The summed E-state index contributed by atoms with van der Waals surface area (Å²) in [7, 11) is 0. The molecular formula is C15H29N3O3. The molecule has 1 aliphatic heterocycles. The highest BCUT2D eigenvalue weighted by molar-refractivity contribution is 5.78. The summed E-state index contributed by atoms with van der Waals surface area (Å²) in [6.07, 6.45) is 0.984. The molecule has 0 aliphatic carbocycles. The normalized spacial score (nSPS) is 19.0. The molecule has 6 nitrogen and oxygen atoms in total. The number of rotatable bonds is 7. The van der Waals surface area contributed by atoms with Crippen molar-refractivity contribution in [1.29, 1.82) is 0 Å². The fraction of sp³-hybridized carbons (Fsp3) is 0.867. The predicted molar refractivity (Wildman–Crippen MR) is 82.2 cm³/mol. The number of likely N-dealkylation sites (N-methyl/N-ethyl adjacent to an activating group) is 1. The molecule has 1 amide bonds. The van der Waals surface area contributed by atoms with Gasteiger partial charge in [0.25, 0.3) is 0 Å². The molecule has 0 radical (unpaired) electrons. The fourth-order valence-corrected chi connectivity index (χ4v) is 2.70. The van der Waals surface area contributed by atoms with E-state index in [1.807, 2.05) is 18.7 Å². The van der Waals surface area contributed by atoms with Crippen LogP contribution in [0, 0.1) is 5.92 Å². The Morgan fingerprint density at radius 2 is 1.67 bits per heavy atom. The Hall–Kier alpha value is -1.14. The first kappa shape index (κ1) is 17.9. The minimum atomic E-state index is -0.743. The van der Waals surface area contributed by atoms with Gasteiger partial charge in [-0.3, -0.25) is 14.5 Å². The maximum Gasteiger partial charge on any atom is 0.307 e. The van der Waals surface area contributed by atoms with E-state index in [4.69, 9.17) is 5.11 Å². The van der Waals surface area contributed by atoms with Crippen LogP contribution >= 0.6 is 0 Å². The second kappa shape index (κ2) is 9.00. The molecule has 1 unspecified atom stereocenters. The molecule has 1 aliphatic rings. The molecule has 6 heteroatoms. The molecule has 0 bridgehead atoms. The Balaban J connectivity index is 2.42. The summed E-state index contributed by atoms with van der Waals surface area (Å²) in [6.45, 7) is 11.8. The van der Waals surface area contributed by atoms with Crippen LogP contribution in [-0.4, -0.2) is 84.0 Å². The average Bonchev–Trinajstić information content (AvgIpc) is 2.65. The molecular weight excluding hydrogens is 270 g/mol. The second-order valence-electron chi connectivity index (χ2n) is 5.74. The second-order valence-corrected chi connectivity index (χ2v) is 5.74. The first-order chi connectivity index (χ1) is 9.97. The van der Waals surface area contributed by atoms with Crippen molar-refractivity contribution in [3.8, 4) is 0 Å². The molecule has 1 fully saturated rings. The number of nitrogens with zero attached hydrogens (tertiary/aromatic N) is 3. The zero-order valence-corrected chi connectivity index (χ0v) is 13.5. The van der Waals surface area contributed by atoms with E-state index in [2.05, 4.69) is 9.80 Å². The topological polar surface area (TPSA) is 64.1 Å². The highest BCUT2D eigenvalue weighted by Crippen LogP contribution is 2.07. The Bertz CT molecular complexity index is 345. The number of carboxylic acid groups (broad SMARTS) is 1. The van der Waals surface area contributed by atoms with Crippen LogP contribution in [0.3, 0.4) is 0 Å². The molecule has 21 heavy (non-hydrogen) atoms. The molecule has 1 saturated heterocycles. The number of hydrogen-bond acceptors (Lipinski definition) is 4. The van der Waals surface area contributed by atoms with Crippen LogP contribution in [0.1, 0.15) is 27.2 Å². The molecule has 0 aromatic heterocycles. The quantitative estimate of drug-likeness (QED) is 0.745. The number of carbonyl (C=O) groups is 2. The van der Waals surface area contributed by atoms with Crippen molar-refractivity contribution in [2.24, 2.45) is 5.92 Å². The Labute approximate surface area is 127 Å². The first-order valence-electron chi connectivity index (χ1n) is 7.93. The predicted octanol–water partition coefficient (Wildman–Crippen LogP) is 0.583. The third kappa shape index (κ3) is 6.01. The van der Waals surface area contributed by atoms with Gasteiger partial charge in [-0.1, -0.05) is 6.92 Å². The summed E-state index contributed by atoms with van der Waals surface area (Å²) in [5.74, 6) is -0.894. The van der Waals surface area contributed by atoms with E-state index in [-0.39, 0.29) is 11.8 Å². The van der Waals surface area contributed by atoms with Gasteiger partial charge in [0.2, 0.25) is 5.91 Å². The number of amides is 1. The molecule has 0 aromatic carbocycles. The van der Waals surface area contributed by atoms with Crippen molar-refractivity contribution in [3.05, 3.63) is 0 Å². The average molecular weight is 299 g/mol. The lowest BCUT2D eigenvalue weighted by Crippen LogP contribution is -2.42. The summed E-state index contributed by atoms with van der Waals surface area (Å²) in [5.41, 5.74) is 0. The lowest BCUT2D eigenvalue weighted by atomic mass is 10.1. The minimum absolute atomic E-state index is 0.187. The highest BCUT2D eigenvalue weighted by Gasteiger charge is 2.21. The molecule has 0 spiro atoms. The van der Waals surface area contributed by atoms with E-state index in [0.717, 1.165) is 45.7 Å². The first-order valence-corrected chi connectivity index (χ1v) is 7.93. The monoisotopic (exact) mass is 299 g/mol. The Morgan fingerprint density at radius 1 is 1.10 bits per heavy atom. The lowest BCUT2D eigenvalue weighted by Gasteiger charge is -2.25. The molecule has 1 rings (SSSR count). The summed E-state index contributed by atoms with van der Waals surface area (Å²) >= 11 is 0. The Kier molecular flexibility index (Phi) is 7.67. The van der Waals surface area contributed by atoms with Crippen LogP contribution in [0.15, 0.2) is 0 Å². The van der Waals surface area contributed by atoms with Gasteiger partial charge in [-0.25, -0.2) is 0 Å². The Morgan fingerprint density at radius 3 is 2.24 bits per heavy atom. The van der Waals surface area contributed by atoms with Crippen LogP contribution in [-0.2, 0) is 9.59 Å². The SMILES string of the molecule is CCN(CC)C(=O)CN1CCCN(CC(C)C(=O)O)CC1. The maximum absolute atomic E-state index is 12.1. The molecule has 122 valence electrons. The number of carboxylic acids is 1. The van der Waals surface area contributed by atoms with Crippen LogP contribution in [0.2, 0.25) is 0 Å². The number of carbonyl (C=O) groups excluding carboxylic acids is 1. The van der Waals surface area contributed by atoms with Crippen LogP contribution in [0.4, 0.5) is 0 Å². The summed E-state index contributed by atoms with van der Waals surface area (Å²) in [5, 5.41) is 8.98. The van der Waals surface area contributed by atoms with Gasteiger partial charge < -0.3 is 14.9 Å². The van der Waals surface area contributed by atoms with Crippen molar-refractivity contribution in [2.75, 3.05) is 52.4 Å². The number of aliphatic carboxylic acids is 1. The summed E-state index contributed by atoms with van der Waals surface area (Å²) in [4.78, 5) is 29.3. The van der Waals surface area contributed by atoms with Crippen molar-refractivity contribution in [3.63, 3.8) is 0 Å². The van der Waals surface area contributed by atoms with Crippen molar-refractivity contribution in [2.45, 2.75) is 27.2 Å². The van der Waals surface area contributed by atoms with Crippen LogP contribution in [0.5, 0.6) is 0 Å². The lowest BCUT2D eigenvalue weighted by molar-refractivity contribution is -0.141. The van der Waals surface area contributed by atoms with Crippen molar-refractivity contribution >= 4 is 11.9 Å². The van der Waals surface area contributed by atoms with E-state index in [9.17, 15) is 9.59 Å². The van der Waals surface area contributed by atoms with Gasteiger partial charge in [0.1, 0.15) is 0 Å². The highest BCUT2D eigenvalue weighted by atomic mass is 16.4. The van der Waals surface area contributed by atoms with E-state index >= 15 is 0 Å². The summed E-state index contributed by atoms with van der Waals surface area (Å²) < 4.78 is 0. The zero-order chi connectivity index (χ0) is 15.8. The third-order valence-corrected chi connectivity index (χ3v) is 4.11. The van der Waals surface area contributed by atoms with Crippen LogP contribution < -0.4 is 0 Å². The van der Waals surface area contributed by atoms with Gasteiger partial charge in [0.05, 0.1) is 12.5 Å². The van der Waals surface area contributed by atoms with Gasteiger partial charge in [0, 0.05) is 32.7 Å². The van der Waals surface area contributed by atoms with Gasteiger partial charge in [-0.05, 0) is 33.4 Å². The molecule has 1 atom stereocenters. The standard InChI is InChI=1S/C15H29N3O3/c1-4-18(5-2)14(19)12-17-8-6-7-16(9-10-17)11-13(3)15(20)21/h13H,4-12H2,1-3H3,(H,20,21). The molecule has 0 aromatic rings. The van der Waals surface area contributed by atoms with E-state index in [1.165, 1.54) is 0 Å². The fourth-order valence-electron chi connectivity index (χ4n) is 2.70. The minimum Gasteiger partial charge on any atom is -0.481 e.